The minimum absolute atomic E-state index is 0.156. The van der Waals surface area contributed by atoms with Gasteiger partial charge in [0.05, 0.1) is 0 Å². The standard InChI is InChI=1S/C16H19F17O3Si/c1-8(2,36-37(5,34-3)35-4)11(22,23)13(26,27)15(30,31)16(32,33)14(28,29)12(24,25)9(17,18)6-7-10(19,20)21/h6-7H2,1-5H3. The van der Waals surface area contributed by atoms with Crippen LogP contribution in [0.25, 0.3) is 0 Å². The van der Waals surface area contributed by atoms with Crippen molar-refractivity contribution in [1.29, 1.82) is 0 Å². The van der Waals surface area contributed by atoms with Gasteiger partial charge in [0.2, 0.25) is 0 Å². The number of rotatable bonds is 13. The summed E-state index contributed by atoms with van der Waals surface area (Å²) in [7, 11) is -3.10. The minimum Gasteiger partial charge on any atom is -0.377 e. The van der Waals surface area contributed by atoms with Crippen molar-refractivity contribution < 1.29 is 87.9 Å². The van der Waals surface area contributed by atoms with E-state index in [1.54, 1.807) is 0 Å². The fourth-order valence-corrected chi connectivity index (χ4v) is 3.93. The molecule has 0 saturated carbocycles. The van der Waals surface area contributed by atoms with Crippen LogP contribution in [0.15, 0.2) is 0 Å². The fourth-order valence-electron chi connectivity index (χ4n) is 2.55. The maximum absolute atomic E-state index is 14.5. The van der Waals surface area contributed by atoms with E-state index < -0.39 is 74.9 Å². The van der Waals surface area contributed by atoms with Crippen molar-refractivity contribution in [3.8, 4) is 0 Å². The van der Waals surface area contributed by atoms with Gasteiger partial charge in [0.15, 0.2) is 0 Å². The molecule has 224 valence electrons. The molecule has 0 aliphatic rings. The summed E-state index contributed by atoms with van der Waals surface area (Å²) in [5.74, 6) is -54.2. The molecule has 0 aromatic rings. The Morgan fingerprint density at radius 2 is 0.784 bits per heavy atom. The lowest BCUT2D eigenvalue weighted by molar-refractivity contribution is -0.449. The van der Waals surface area contributed by atoms with Crippen LogP contribution in [-0.4, -0.2) is 76.3 Å². The first kappa shape index (κ1) is 35.9. The highest BCUT2D eigenvalue weighted by atomic mass is 28.4. The van der Waals surface area contributed by atoms with Crippen molar-refractivity contribution in [3.05, 3.63) is 0 Å². The molecule has 0 atom stereocenters. The second kappa shape index (κ2) is 9.83. The molecule has 0 aliphatic heterocycles. The molecule has 0 radical (unpaired) electrons. The van der Waals surface area contributed by atoms with E-state index in [9.17, 15) is 74.6 Å². The van der Waals surface area contributed by atoms with Gasteiger partial charge in [-0.1, -0.05) is 0 Å². The van der Waals surface area contributed by atoms with E-state index in [0.717, 1.165) is 0 Å². The van der Waals surface area contributed by atoms with E-state index in [0.29, 0.717) is 20.8 Å². The number of halogens is 17. The Balaban J connectivity index is 6.74. The van der Waals surface area contributed by atoms with Crippen molar-refractivity contribution in [1.82, 2.24) is 0 Å². The molecule has 37 heavy (non-hydrogen) atoms. The molecule has 0 spiro atoms. The Labute approximate surface area is 198 Å². The molecule has 0 rings (SSSR count). The van der Waals surface area contributed by atoms with Crippen LogP contribution in [0.3, 0.4) is 0 Å². The third-order valence-corrected chi connectivity index (χ3v) is 7.46. The lowest BCUT2D eigenvalue weighted by Gasteiger charge is -2.46. The fraction of sp³-hybridized carbons (Fsp3) is 1.00. The third-order valence-electron chi connectivity index (χ3n) is 5.09. The van der Waals surface area contributed by atoms with Gasteiger partial charge in [-0.2, -0.15) is 74.6 Å². The third kappa shape index (κ3) is 5.77. The Kier molecular flexibility index (Phi) is 9.54. The molecule has 0 saturated heterocycles. The highest BCUT2D eigenvalue weighted by molar-refractivity contribution is 6.59. The summed E-state index contributed by atoms with van der Waals surface area (Å²) in [5, 5.41) is 0. The maximum atomic E-state index is 14.5. The lowest BCUT2D eigenvalue weighted by Crippen LogP contribution is -2.75. The van der Waals surface area contributed by atoms with Gasteiger partial charge in [-0.3, -0.25) is 0 Å². The molecule has 0 aliphatic carbocycles. The van der Waals surface area contributed by atoms with Crippen LogP contribution < -0.4 is 0 Å². The summed E-state index contributed by atoms with van der Waals surface area (Å²) >= 11 is 0. The van der Waals surface area contributed by atoms with Gasteiger partial charge in [-0.25, -0.2) is 0 Å². The molecule has 0 aromatic carbocycles. The SMILES string of the molecule is CO[Si](C)(OC)OC(C)(C)C(F)(F)C(F)(F)C(F)(F)C(F)(F)C(F)(F)C(F)(F)C(F)(F)CCC(F)(F)F. The quantitative estimate of drug-likeness (QED) is 0.160. The molecule has 0 bridgehead atoms. The first-order valence-corrected chi connectivity index (χ1v) is 11.5. The summed E-state index contributed by atoms with van der Waals surface area (Å²) in [4.78, 5) is 0. The van der Waals surface area contributed by atoms with E-state index in [1.165, 1.54) is 0 Å². The van der Waals surface area contributed by atoms with E-state index in [4.69, 9.17) is 0 Å². The van der Waals surface area contributed by atoms with Crippen LogP contribution in [0.2, 0.25) is 6.55 Å². The molecule has 0 unspecified atom stereocenters. The number of alkyl halides is 17. The average molecular weight is 610 g/mol. The maximum Gasteiger partial charge on any atom is 0.497 e. The van der Waals surface area contributed by atoms with Crippen LogP contribution in [0, 0.1) is 0 Å². The molecular formula is C16H19F17O3Si. The highest BCUT2D eigenvalue weighted by Crippen LogP contribution is 2.64. The lowest BCUT2D eigenvalue weighted by atomic mass is 9.84. The summed E-state index contributed by atoms with van der Waals surface area (Å²) in [6.45, 7) is 0.375. The van der Waals surface area contributed by atoms with Crippen molar-refractivity contribution >= 4 is 8.80 Å². The minimum atomic E-state index is -8.42. The van der Waals surface area contributed by atoms with Crippen molar-refractivity contribution in [2.24, 2.45) is 0 Å². The Hall–Kier alpha value is -1.09. The summed E-state index contributed by atoms with van der Waals surface area (Å²) < 4.78 is 245. The molecule has 0 fully saturated rings. The summed E-state index contributed by atoms with van der Waals surface area (Å²) in [6.07, 6.45) is -12.2. The normalized spacial score (nSPS) is 16.4. The first-order valence-electron chi connectivity index (χ1n) is 9.30. The molecule has 0 amide bonds. The van der Waals surface area contributed by atoms with Crippen molar-refractivity contribution in [2.75, 3.05) is 14.2 Å². The molecule has 21 heteroatoms. The Morgan fingerprint density at radius 1 is 0.486 bits per heavy atom. The monoisotopic (exact) mass is 610 g/mol. The number of hydrogen-bond acceptors (Lipinski definition) is 3. The van der Waals surface area contributed by atoms with E-state index in [-0.39, 0.29) is 13.8 Å². The molecule has 0 aromatic heterocycles. The van der Waals surface area contributed by atoms with Gasteiger partial charge in [0.1, 0.15) is 5.60 Å². The van der Waals surface area contributed by atoms with Gasteiger partial charge in [-0.15, -0.1) is 0 Å². The highest BCUT2D eigenvalue weighted by Gasteiger charge is 2.93. The summed E-state index contributed by atoms with van der Waals surface area (Å²) in [6, 6.07) is 0. The number of hydrogen-bond donors (Lipinski definition) is 0. The van der Waals surface area contributed by atoms with Crippen LogP contribution in [0.4, 0.5) is 74.6 Å². The van der Waals surface area contributed by atoms with E-state index >= 15 is 0 Å². The van der Waals surface area contributed by atoms with Crippen LogP contribution in [0.5, 0.6) is 0 Å². The second-order valence-electron chi connectivity index (χ2n) is 8.15. The molecule has 3 nitrogen and oxygen atoms in total. The zero-order chi connectivity index (χ0) is 30.5. The Morgan fingerprint density at radius 3 is 1.08 bits per heavy atom. The first-order chi connectivity index (χ1) is 15.8. The molecule has 0 heterocycles. The average Bonchev–Trinajstić information content (AvgIpc) is 2.70. The van der Waals surface area contributed by atoms with Crippen LogP contribution in [-0.2, 0) is 13.3 Å². The zero-order valence-corrected chi connectivity index (χ0v) is 20.1. The van der Waals surface area contributed by atoms with Crippen molar-refractivity contribution in [2.45, 2.75) is 86.5 Å². The predicted octanol–water partition coefficient (Wildman–Crippen LogP) is 7.43. The van der Waals surface area contributed by atoms with E-state index in [2.05, 4.69) is 13.3 Å². The second-order valence-corrected chi connectivity index (χ2v) is 10.9. The molecule has 0 N–H and O–H groups in total. The van der Waals surface area contributed by atoms with Crippen molar-refractivity contribution in [3.63, 3.8) is 0 Å². The molecular weight excluding hydrogens is 591 g/mol. The predicted molar refractivity (Wildman–Crippen MR) is 90.7 cm³/mol. The van der Waals surface area contributed by atoms with E-state index in [1.807, 2.05) is 0 Å². The van der Waals surface area contributed by atoms with Gasteiger partial charge < -0.3 is 13.3 Å². The van der Waals surface area contributed by atoms with Crippen LogP contribution in [0.1, 0.15) is 26.7 Å². The largest absolute Gasteiger partial charge is 0.497 e. The van der Waals surface area contributed by atoms with Gasteiger partial charge in [0.25, 0.3) is 0 Å². The van der Waals surface area contributed by atoms with Gasteiger partial charge in [-0.05, 0) is 13.8 Å². The van der Waals surface area contributed by atoms with Crippen LogP contribution >= 0.6 is 0 Å². The Bertz CT molecular complexity index is 790. The topological polar surface area (TPSA) is 27.7 Å². The zero-order valence-electron chi connectivity index (χ0n) is 19.1. The van der Waals surface area contributed by atoms with Gasteiger partial charge in [0, 0.05) is 33.6 Å². The summed E-state index contributed by atoms with van der Waals surface area (Å²) in [5.41, 5.74) is -4.07. The van der Waals surface area contributed by atoms with Gasteiger partial charge >= 0.3 is 56.4 Å². The smallest absolute Gasteiger partial charge is 0.377 e.